The largest absolute Gasteiger partial charge is 0.451 e. The second-order valence-electron chi connectivity index (χ2n) is 6.00. The molecule has 0 fully saturated rings. The maximum absolute atomic E-state index is 12.4. The van der Waals surface area contributed by atoms with Crippen molar-refractivity contribution < 1.29 is 9.21 Å². The highest BCUT2D eigenvalue weighted by Crippen LogP contribution is 2.25. The summed E-state index contributed by atoms with van der Waals surface area (Å²) in [5, 5.41) is 6.18. The molecule has 1 amide bonds. The molecule has 2 N–H and O–H groups in total. The first kappa shape index (κ1) is 19.9. The summed E-state index contributed by atoms with van der Waals surface area (Å²) in [7, 11) is 0. The Bertz CT molecular complexity index is 1030. The quantitative estimate of drug-likeness (QED) is 0.338. The third kappa shape index (κ3) is 4.88. The first-order chi connectivity index (χ1) is 12.8. The number of rotatable bonds is 3. The minimum absolute atomic E-state index is 0.146. The van der Waals surface area contributed by atoms with Crippen molar-refractivity contribution in [2.45, 2.75) is 13.8 Å². The van der Waals surface area contributed by atoms with E-state index in [0.717, 1.165) is 14.7 Å². The molecule has 3 aromatic rings. The molecule has 0 spiro atoms. The van der Waals surface area contributed by atoms with Gasteiger partial charge in [0.1, 0.15) is 5.76 Å². The average Bonchev–Trinajstić information content (AvgIpc) is 3.10. The molecule has 0 aliphatic carbocycles. The van der Waals surface area contributed by atoms with E-state index in [-0.39, 0.29) is 10.9 Å². The monoisotopic (exact) mass is 510 g/mol. The molecule has 0 saturated heterocycles. The molecular formula is C20H16ClIN2O2S. The molecule has 7 heteroatoms. The fourth-order valence-electron chi connectivity index (χ4n) is 2.42. The van der Waals surface area contributed by atoms with E-state index in [4.69, 9.17) is 28.2 Å². The first-order valence-electron chi connectivity index (χ1n) is 8.08. The Morgan fingerprint density at radius 3 is 2.56 bits per heavy atom. The van der Waals surface area contributed by atoms with Crippen LogP contribution in [-0.4, -0.2) is 11.0 Å². The molecule has 138 valence electrons. The second kappa shape index (κ2) is 8.41. The lowest BCUT2D eigenvalue weighted by atomic mass is 10.1. The molecular weight excluding hydrogens is 495 g/mol. The lowest BCUT2D eigenvalue weighted by Gasteiger charge is -2.10. The van der Waals surface area contributed by atoms with Gasteiger partial charge < -0.3 is 9.73 Å². The maximum atomic E-state index is 12.4. The number of thiocarbonyl (C=S) groups is 1. The van der Waals surface area contributed by atoms with E-state index >= 15 is 0 Å². The van der Waals surface area contributed by atoms with Crippen molar-refractivity contribution in [3.05, 3.63) is 74.0 Å². The highest BCUT2D eigenvalue weighted by molar-refractivity contribution is 14.1. The van der Waals surface area contributed by atoms with Crippen LogP contribution in [0.1, 0.15) is 21.7 Å². The van der Waals surface area contributed by atoms with Gasteiger partial charge in [-0.25, -0.2) is 0 Å². The molecule has 0 atom stereocenters. The molecule has 0 aliphatic heterocycles. The number of carbonyl (C=O) groups excluding carboxylic acids is 1. The minimum atomic E-state index is -0.427. The van der Waals surface area contributed by atoms with Crippen molar-refractivity contribution in [3.63, 3.8) is 0 Å². The Morgan fingerprint density at radius 2 is 1.85 bits per heavy atom. The van der Waals surface area contributed by atoms with E-state index in [1.807, 2.05) is 38.1 Å². The normalized spacial score (nSPS) is 10.5. The van der Waals surface area contributed by atoms with Gasteiger partial charge in [0, 0.05) is 9.13 Å². The SMILES string of the molecule is Cc1ccc(-c2ccc(C(=O)NC(=S)Nc3ccc(I)cc3Cl)o2)cc1C. The maximum Gasteiger partial charge on any atom is 0.293 e. The van der Waals surface area contributed by atoms with Crippen molar-refractivity contribution in [3.8, 4) is 11.3 Å². The van der Waals surface area contributed by atoms with Crippen LogP contribution in [-0.2, 0) is 0 Å². The number of anilines is 1. The number of hydrogen-bond donors (Lipinski definition) is 2. The summed E-state index contributed by atoms with van der Waals surface area (Å²) in [4.78, 5) is 12.4. The van der Waals surface area contributed by atoms with Crippen molar-refractivity contribution >= 4 is 63.1 Å². The van der Waals surface area contributed by atoms with E-state index in [0.29, 0.717) is 16.5 Å². The number of benzene rings is 2. The number of furan rings is 1. The van der Waals surface area contributed by atoms with Gasteiger partial charge >= 0.3 is 0 Å². The van der Waals surface area contributed by atoms with Crippen molar-refractivity contribution in [1.82, 2.24) is 5.32 Å². The van der Waals surface area contributed by atoms with Gasteiger partial charge in [0.15, 0.2) is 10.9 Å². The van der Waals surface area contributed by atoms with Gasteiger partial charge in [0.25, 0.3) is 5.91 Å². The number of carbonyl (C=O) groups is 1. The molecule has 0 bridgehead atoms. The van der Waals surface area contributed by atoms with E-state index < -0.39 is 5.91 Å². The summed E-state index contributed by atoms with van der Waals surface area (Å²) >= 11 is 13.5. The summed E-state index contributed by atoms with van der Waals surface area (Å²) in [5.74, 6) is 0.383. The summed E-state index contributed by atoms with van der Waals surface area (Å²) in [5.41, 5.74) is 3.91. The summed E-state index contributed by atoms with van der Waals surface area (Å²) < 4.78 is 6.70. The molecule has 0 aliphatic rings. The third-order valence-electron chi connectivity index (χ3n) is 4.03. The van der Waals surface area contributed by atoms with E-state index in [1.165, 1.54) is 5.56 Å². The molecule has 1 heterocycles. The highest BCUT2D eigenvalue weighted by Gasteiger charge is 2.14. The standard InChI is InChI=1S/C20H16ClIN2O2S/c1-11-3-4-13(9-12(11)2)17-7-8-18(26-17)19(25)24-20(27)23-16-6-5-14(22)10-15(16)21/h3-10H,1-2H3,(H2,23,24,25,27). The smallest absolute Gasteiger partial charge is 0.293 e. The second-order valence-corrected chi connectivity index (χ2v) is 8.06. The molecule has 2 aromatic carbocycles. The highest BCUT2D eigenvalue weighted by atomic mass is 127. The van der Waals surface area contributed by atoms with Crippen LogP contribution in [0.4, 0.5) is 5.69 Å². The zero-order valence-electron chi connectivity index (χ0n) is 14.6. The third-order valence-corrected chi connectivity index (χ3v) is 5.22. The molecule has 0 unspecified atom stereocenters. The Labute approximate surface area is 181 Å². The molecule has 0 radical (unpaired) electrons. The van der Waals surface area contributed by atoms with Gasteiger partial charge in [-0.3, -0.25) is 10.1 Å². The molecule has 27 heavy (non-hydrogen) atoms. The molecule has 4 nitrogen and oxygen atoms in total. The predicted molar refractivity (Wildman–Crippen MR) is 121 cm³/mol. The Hall–Kier alpha value is -1.90. The Balaban J connectivity index is 1.68. The summed E-state index contributed by atoms with van der Waals surface area (Å²) in [6.07, 6.45) is 0. The zero-order valence-corrected chi connectivity index (χ0v) is 18.3. The Kier molecular flexibility index (Phi) is 6.18. The van der Waals surface area contributed by atoms with Gasteiger partial charge in [0.05, 0.1) is 10.7 Å². The van der Waals surface area contributed by atoms with Crippen molar-refractivity contribution in [2.24, 2.45) is 0 Å². The number of halogens is 2. The summed E-state index contributed by atoms with van der Waals surface area (Å²) in [6.45, 7) is 4.09. The van der Waals surface area contributed by atoms with Crippen LogP contribution in [0.15, 0.2) is 52.9 Å². The van der Waals surface area contributed by atoms with Gasteiger partial charge in [-0.1, -0.05) is 23.7 Å². The van der Waals surface area contributed by atoms with Gasteiger partial charge in [-0.15, -0.1) is 0 Å². The number of nitrogens with one attached hydrogen (secondary N) is 2. The average molecular weight is 511 g/mol. The number of amides is 1. The zero-order chi connectivity index (χ0) is 19.6. The van der Waals surface area contributed by atoms with Crippen molar-refractivity contribution in [2.75, 3.05) is 5.32 Å². The van der Waals surface area contributed by atoms with Gasteiger partial charge in [-0.05, 0) is 96.2 Å². The number of aryl methyl sites for hydroxylation is 2. The van der Waals surface area contributed by atoms with Crippen LogP contribution < -0.4 is 10.6 Å². The predicted octanol–water partition coefficient (Wildman–Crippen LogP) is 5.95. The molecule has 0 saturated carbocycles. The van der Waals surface area contributed by atoms with Crippen LogP contribution in [0.3, 0.4) is 0 Å². The van der Waals surface area contributed by atoms with E-state index in [1.54, 1.807) is 24.3 Å². The Morgan fingerprint density at radius 1 is 1.07 bits per heavy atom. The van der Waals surface area contributed by atoms with Crippen LogP contribution in [0.2, 0.25) is 5.02 Å². The van der Waals surface area contributed by atoms with Crippen molar-refractivity contribution in [1.29, 1.82) is 0 Å². The fourth-order valence-corrected chi connectivity index (χ4v) is 3.52. The topological polar surface area (TPSA) is 54.3 Å². The van der Waals surface area contributed by atoms with Crippen LogP contribution in [0.5, 0.6) is 0 Å². The van der Waals surface area contributed by atoms with Crippen LogP contribution in [0, 0.1) is 17.4 Å². The van der Waals surface area contributed by atoms with Gasteiger partial charge in [-0.2, -0.15) is 0 Å². The van der Waals surface area contributed by atoms with Crippen LogP contribution >= 0.6 is 46.4 Å². The molecule has 3 rings (SSSR count). The van der Waals surface area contributed by atoms with E-state index in [2.05, 4.69) is 33.2 Å². The minimum Gasteiger partial charge on any atom is -0.451 e. The number of hydrogen-bond acceptors (Lipinski definition) is 3. The summed E-state index contributed by atoms with van der Waals surface area (Å²) in [6, 6.07) is 14.9. The lowest BCUT2D eigenvalue weighted by Crippen LogP contribution is -2.33. The van der Waals surface area contributed by atoms with Crippen LogP contribution in [0.25, 0.3) is 11.3 Å². The fraction of sp³-hybridized carbons (Fsp3) is 0.100. The van der Waals surface area contributed by atoms with Gasteiger partial charge in [0.2, 0.25) is 0 Å². The molecule has 1 aromatic heterocycles. The lowest BCUT2D eigenvalue weighted by molar-refractivity contribution is 0.0951. The first-order valence-corrected chi connectivity index (χ1v) is 9.95. The van der Waals surface area contributed by atoms with E-state index in [9.17, 15) is 4.79 Å².